The van der Waals surface area contributed by atoms with E-state index in [1.165, 1.54) is 43.5 Å². The van der Waals surface area contributed by atoms with Crippen molar-refractivity contribution in [3.63, 3.8) is 0 Å². The number of hydrogen-bond acceptors (Lipinski definition) is 4. The van der Waals surface area contributed by atoms with Crippen molar-refractivity contribution in [2.75, 3.05) is 18.0 Å². The maximum absolute atomic E-state index is 13.4. The van der Waals surface area contributed by atoms with Crippen LogP contribution in [0.1, 0.15) is 5.56 Å². The molecule has 0 spiro atoms. The molecular weight excluding hydrogens is 443 g/mol. The highest BCUT2D eigenvalue weighted by molar-refractivity contribution is 7.92. The number of halogens is 2. The summed E-state index contributed by atoms with van der Waals surface area (Å²) in [5.41, 5.74) is 0.856. The Balaban J connectivity index is 1.86. The van der Waals surface area contributed by atoms with E-state index in [0.29, 0.717) is 16.3 Å². The number of hydrogen-bond donors (Lipinski definition) is 1. The highest BCUT2D eigenvalue weighted by Crippen LogP contribution is 2.25. The molecule has 6 nitrogen and oxygen atoms in total. The largest absolute Gasteiger partial charge is 0.497 e. The Kier molecular flexibility index (Phi) is 7.14. The van der Waals surface area contributed by atoms with Gasteiger partial charge in [-0.3, -0.25) is 9.10 Å². The van der Waals surface area contributed by atoms with Crippen molar-refractivity contribution < 1.29 is 22.3 Å². The lowest BCUT2D eigenvalue weighted by atomic mass is 10.2. The highest BCUT2D eigenvalue weighted by Gasteiger charge is 2.27. The molecular formula is C22H20ClFN2O4S. The van der Waals surface area contributed by atoms with Crippen LogP contribution in [-0.4, -0.2) is 28.0 Å². The summed E-state index contributed by atoms with van der Waals surface area (Å²) in [5, 5.41) is 3.16. The van der Waals surface area contributed by atoms with E-state index in [2.05, 4.69) is 5.32 Å². The van der Waals surface area contributed by atoms with Gasteiger partial charge in [0.2, 0.25) is 5.91 Å². The number of anilines is 1. The molecule has 0 saturated carbocycles. The van der Waals surface area contributed by atoms with Gasteiger partial charge in [0, 0.05) is 11.6 Å². The van der Waals surface area contributed by atoms with Crippen molar-refractivity contribution in [2.24, 2.45) is 0 Å². The number of sulfonamides is 1. The summed E-state index contributed by atoms with van der Waals surface area (Å²) >= 11 is 6.10. The van der Waals surface area contributed by atoms with E-state index in [-0.39, 0.29) is 17.1 Å². The van der Waals surface area contributed by atoms with E-state index in [4.69, 9.17) is 16.3 Å². The Labute approximate surface area is 185 Å². The fourth-order valence-corrected chi connectivity index (χ4v) is 4.44. The minimum Gasteiger partial charge on any atom is -0.497 e. The van der Waals surface area contributed by atoms with E-state index in [9.17, 15) is 17.6 Å². The molecule has 0 aromatic heterocycles. The van der Waals surface area contributed by atoms with Gasteiger partial charge in [-0.25, -0.2) is 12.8 Å². The lowest BCUT2D eigenvalue weighted by molar-refractivity contribution is -0.119. The number of rotatable bonds is 8. The summed E-state index contributed by atoms with van der Waals surface area (Å²) in [6.45, 7) is -0.358. The molecule has 0 aliphatic carbocycles. The molecule has 1 amide bonds. The molecule has 0 radical (unpaired) electrons. The number of carbonyl (C=O) groups excluding carboxylic acids is 1. The van der Waals surface area contributed by atoms with Crippen LogP contribution in [0.4, 0.5) is 10.1 Å². The van der Waals surface area contributed by atoms with E-state index in [1.54, 1.807) is 24.3 Å². The number of methoxy groups -OCH3 is 1. The van der Waals surface area contributed by atoms with Crippen molar-refractivity contribution in [3.05, 3.63) is 89.2 Å². The third kappa shape index (κ3) is 5.53. The molecule has 0 unspecified atom stereocenters. The first kappa shape index (κ1) is 22.6. The van der Waals surface area contributed by atoms with Crippen molar-refractivity contribution in [1.82, 2.24) is 5.32 Å². The predicted molar refractivity (Wildman–Crippen MR) is 117 cm³/mol. The summed E-state index contributed by atoms with van der Waals surface area (Å²) in [4.78, 5) is 12.6. The Hall–Kier alpha value is -3.10. The molecule has 3 aromatic rings. The van der Waals surface area contributed by atoms with Crippen molar-refractivity contribution in [2.45, 2.75) is 11.4 Å². The van der Waals surface area contributed by atoms with Gasteiger partial charge in [0.1, 0.15) is 18.1 Å². The number of benzene rings is 3. The maximum atomic E-state index is 13.4. The zero-order chi connectivity index (χ0) is 22.4. The Morgan fingerprint density at radius 3 is 2.29 bits per heavy atom. The van der Waals surface area contributed by atoms with Gasteiger partial charge in [-0.2, -0.15) is 0 Å². The van der Waals surface area contributed by atoms with Crippen LogP contribution in [0.2, 0.25) is 5.02 Å². The average Bonchev–Trinajstić information content (AvgIpc) is 2.77. The Morgan fingerprint density at radius 2 is 1.68 bits per heavy atom. The van der Waals surface area contributed by atoms with Gasteiger partial charge in [-0.15, -0.1) is 0 Å². The van der Waals surface area contributed by atoms with Crippen LogP contribution in [-0.2, 0) is 21.4 Å². The van der Waals surface area contributed by atoms with Crippen LogP contribution in [0.5, 0.6) is 5.75 Å². The first-order valence-electron chi connectivity index (χ1n) is 9.24. The third-order valence-corrected chi connectivity index (χ3v) is 6.64. The van der Waals surface area contributed by atoms with Crippen LogP contribution >= 0.6 is 11.6 Å². The number of carbonyl (C=O) groups is 1. The third-order valence-electron chi connectivity index (χ3n) is 4.48. The second-order valence-corrected chi connectivity index (χ2v) is 8.80. The first-order valence-corrected chi connectivity index (χ1v) is 11.1. The molecule has 9 heteroatoms. The van der Waals surface area contributed by atoms with Gasteiger partial charge in [-0.05, 0) is 60.2 Å². The topological polar surface area (TPSA) is 75.7 Å². The summed E-state index contributed by atoms with van der Waals surface area (Å²) in [6.07, 6.45) is 0. The van der Waals surface area contributed by atoms with Gasteiger partial charge in [-0.1, -0.05) is 29.8 Å². The Morgan fingerprint density at radius 1 is 1.03 bits per heavy atom. The number of ether oxygens (including phenoxy) is 1. The van der Waals surface area contributed by atoms with Crippen molar-refractivity contribution in [3.8, 4) is 5.75 Å². The van der Waals surface area contributed by atoms with E-state index < -0.39 is 28.3 Å². The van der Waals surface area contributed by atoms with Crippen LogP contribution in [0.25, 0.3) is 0 Å². The van der Waals surface area contributed by atoms with Gasteiger partial charge in [0.05, 0.1) is 17.7 Å². The standard InChI is InChI=1S/C22H20ClFN2O4S/c1-30-19-10-12-20(13-11-19)31(28,29)26(18-8-6-17(24)7-9-18)15-22(27)25-14-16-4-2-3-5-21(16)23/h2-13H,14-15H2,1H3,(H,25,27). The Bertz CT molecular complexity index is 1150. The zero-order valence-electron chi connectivity index (χ0n) is 16.6. The lowest BCUT2D eigenvalue weighted by Gasteiger charge is -2.24. The number of amides is 1. The van der Waals surface area contributed by atoms with Crippen molar-refractivity contribution in [1.29, 1.82) is 0 Å². The van der Waals surface area contributed by atoms with Crippen LogP contribution in [0.15, 0.2) is 77.7 Å². The molecule has 0 atom stereocenters. The predicted octanol–water partition coefficient (Wildman–Crippen LogP) is 4.00. The van der Waals surface area contributed by atoms with Crippen LogP contribution in [0.3, 0.4) is 0 Å². The zero-order valence-corrected chi connectivity index (χ0v) is 18.2. The van der Waals surface area contributed by atoms with E-state index in [0.717, 1.165) is 16.4 Å². The molecule has 162 valence electrons. The average molecular weight is 463 g/mol. The summed E-state index contributed by atoms with van der Waals surface area (Å²) in [7, 11) is -2.64. The van der Waals surface area contributed by atoms with Gasteiger partial charge >= 0.3 is 0 Å². The smallest absolute Gasteiger partial charge is 0.264 e. The molecule has 3 rings (SSSR count). The molecule has 0 bridgehead atoms. The lowest BCUT2D eigenvalue weighted by Crippen LogP contribution is -2.40. The monoisotopic (exact) mass is 462 g/mol. The molecule has 0 heterocycles. The molecule has 1 N–H and O–H groups in total. The first-order chi connectivity index (χ1) is 14.8. The van der Waals surface area contributed by atoms with E-state index in [1.807, 2.05) is 0 Å². The minimum absolute atomic E-state index is 0.0310. The molecule has 0 aliphatic rings. The van der Waals surface area contributed by atoms with Crippen LogP contribution < -0.4 is 14.4 Å². The fourth-order valence-electron chi connectivity index (χ4n) is 2.82. The second kappa shape index (κ2) is 9.80. The quantitative estimate of drug-likeness (QED) is 0.549. The normalized spacial score (nSPS) is 11.1. The van der Waals surface area contributed by atoms with Gasteiger partial charge in [0.15, 0.2) is 0 Å². The van der Waals surface area contributed by atoms with Crippen LogP contribution in [0, 0.1) is 5.82 Å². The number of nitrogens with one attached hydrogen (secondary N) is 1. The maximum Gasteiger partial charge on any atom is 0.264 e. The SMILES string of the molecule is COc1ccc(S(=O)(=O)N(CC(=O)NCc2ccccc2Cl)c2ccc(F)cc2)cc1. The second-order valence-electron chi connectivity index (χ2n) is 6.53. The van der Waals surface area contributed by atoms with Crippen molar-refractivity contribution >= 4 is 33.2 Å². The molecule has 0 saturated heterocycles. The number of nitrogens with zero attached hydrogens (tertiary/aromatic N) is 1. The summed E-state index contributed by atoms with van der Waals surface area (Å²) in [5.74, 6) is -0.570. The summed E-state index contributed by atoms with van der Waals surface area (Å²) < 4.78 is 45.9. The van der Waals surface area contributed by atoms with Gasteiger partial charge in [0.25, 0.3) is 10.0 Å². The van der Waals surface area contributed by atoms with E-state index >= 15 is 0 Å². The molecule has 3 aromatic carbocycles. The fraction of sp³-hybridized carbons (Fsp3) is 0.136. The summed E-state index contributed by atoms with van der Waals surface area (Å²) in [6, 6.07) is 17.7. The van der Waals surface area contributed by atoms with Gasteiger partial charge < -0.3 is 10.1 Å². The highest BCUT2D eigenvalue weighted by atomic mass is 35.5. The molecule has 0 fully saturated rings. The molecule has 31 heavy (non-hydrogen) atoms. The minimum atomic E-state index is -4.11. The molecule has 0 aliphatic heterocycles.